The average molecular weight is 985 g/mol. The van der Waals surface area contributed by atoms with Gasteiger partial charge in [-0.05, 0) is 185 Å². The Morgan fingerprint density at radius 3 is 1.12 bits per heavy atom. The standard InChI is InChI=1S/C70H62B2N2O2/c1-67(2)31-33-69(5,6)51-35-43(27-29-49(51)67)45-37-59-65-63(39-45)75-61-42-62-56(41-55(61)71(65)53-23-15-17-25-57(53)73(59)47-19-11-9-12-20-47)72-54-24-16-18-26-58(54)74(48-21-13-10-14-22-48)60-38-46(40-64(76-62)66(60)72)44-28-30-50-52(36-44)70(7,8)34-32-68(50,3)4/h9-30,35-42H,31-34H2,1-8H3. The number of hydrogen-bond acceptors (Lipinski definition) is 4. The van der Waals surface area contributed by atoms with E-state index in [1.165, 1.54) is 79.4 Å². The van der Waals surface area contributed by atoms with Crippen molar-refractivity contribution in [1.29, 1.82) is 0 Å². The average Bonchev–Trinajstić information content (AvgIpc) is 3.51. The lowest BCUT2D eigenvalue weighted by atomic mass is 9.31. The van der Waals surface area contributed by atoms with E-state index in [1.807, 2.05) is 0 Å². The molecule has 0 fully saturated rings. The molecule has 0 bridgehead atoms. The molecule has 0 atom stereocenters. The summed E-state index contributed by atoms with van der Waals surface area (Å²) in [5, 5.41) is 0. The van der Waals surface area contributed by atoms with E-state index in [9.17, 15) is 0 Å². The van der Waals surface area contributed by atoms with Crippen LogP contribution in [0.1, 0.15) is 103 Å². The summed E-state index contributed by atoms with van der Waals surface area (Å²) in [5.41, 5.74) is 25.1. The SMILES string of the molecule is CC1(C)CCC(C)(C)c2cc(-c3cc4c5c(c3)N(c3ccccc3)c3ccccc3B5c3cc5c(cc3O4)Oc3cc(-c4ccc6c(c4)C(C)(C)CCC6(C)C)cc4c3B5c3ccccc3N4c3ccccc3)ccc21. The van der Waals surface area contributed by atoms with Gasteiger partial charge in [0.2, 0.25) is 0 Å². The summed E-state index contributed by atoms with van der Waals surface area (Å²) in [4.78, 5) is 4.94. The molecule has 6 aliphatic rings. The Kier molecular flexibility index (Phi) is 9.57. The second-order valence-corrected chi connectivity index (χ2v) is 25.3. The van der Waals surface area contributed by atoms with E-state index in [0.717, 1.165) is 80.6 Å². The molecule has 2 aliphatic carbocycles. The van der Waals surface area contributed by atoms with Crippen molar-refractivity contribution in [2.75, 3.05) is 9.80 Å². The van der Waals surface area contributed by atoms with Gasteiger partial charge >= 0.3 is 0 Å². The Morgan fingerprint density at radius 2 is 0.697 bits per heavy atom. The molecule has 6 heteroatoms. The van der Waals surface area contributed by atoms with Crippen LogP contribution in [0.15, 0.2) is 182 Å². The Balaban J connectivity index is 0.943. The van der Waals surface area contributed by atoms with Gasteiger partial charge in [-0.25, -0.2) is 0 Å². The van der Waals surface area contributed by atoms with Gasteiger partial charge in [0.1, 0.15) is 23.0 Å². The van der Waals surface area contributed by atoms with Crippen molar-refractivity contribution in [3.05, 3.63) is 204 Å². The normalized spacial score (nSPS) is 17.8. The number of fused-ring (bicyclic) bond motifs is 10. The fourth-order valence-corrected chi connectivity index (χ4v) is 14.5. The molecule has 4 nitrogen and oxygen atoms in total. The number of hydrogen-bond donors (Lipinski definition) is 0. The van der Waals surface area contributed by atoms with Gasteiger partial charge in [-0.3, -0.25) is 0 Å². The predicted molar refractivity (Wildman–Crippen MR) is 320 cm³/mol. The first-order chi connectivity index (χ1) is 36.6. The zero-order valence-electron chi connectivity index (χ0n) is 45.0. The van der Waals surface area contributed by atoms with E-state index >= 15 is 0 Å². The molecule has 0 spiro atoms. The van der Waals surface area contributed by atoms with Crippen LogP contribution in [0.25, 0.3) is 22.3 Å². The third-order valence-electron chi connectivity index (χ3n) is 18.9. The summed E-state index contributed by atoms with van der Waals surface area (Å²) in [6.45, 7) is 19.1. The Morgan fingerprint density at radius 1 is 0.316 bits per heavy atom. The van der Waals surface area contributed by atoms with Crippen molar-refractivity contribution >= 4 is 80.3 Å². The van der Waals surface area contributed by atoms with Gasteiger partial charge < -0.3 is 19.3 Å². The van der Waals surface area contributed by atoms with Crippen LogP contribution in [0.3, 0.4) is 0 Å². The lowest BCUT2D eigenvalue weighted by Crippen LogP contribution is -2.63. The first-order valence-electron chi connectivity index (χ1n) is 27.7. The maximum Gasteiger partial charge on any atom is 0.256 e. The molecule has 0 saturated heterocycles. The van der Waals surface area contributed by atoms with Crippen molar-refractivity contribution in [1.82, 2.24) is 0 Å². The summed E-state index contributed by atoms with van der Waals surface area (Å²) in [6, 6.07) is 68.5. The first-order valence-corrected chi connectivity index (χ1v) is 27.7. The highest BCUT2D eigenvalue weighted by atomic mass is 16.5. The highest BCUT2D eigenvalue weighted by Gasteiger charge is 2.47. The lowest BCUT2D eigenvalue weighted by Gasteiger charge is -2.43. The van der Waals surface area contributed by atoms with E-state index in [4.69, 9.17) is 9.47 Å². The number of benzene rings is 9. The molecule has 9 aromatic carbocycles. The van der Waals surface area contributed by atoms with Crippen LogP contribution in [0.4, 0.5) is 34.1 Å². The van der Waals surface area contributed by atoms with E-state index in [0.29, 0.717) is 0 Å². The fourth-order valence-electron chi connectivity index (χ4n) is 14.5. The van der Waals surface area contributed by atoms with Crippen LogP contribution >= 0.6 is 0 Å². The second kappa shape index (κ2) is 15.9. The molecule has 15 rings (SSSR count). The van der Waals surface area contributed by atoms with Crippen LogP contribution in [0.5, 0.6) is 23.0 Å². The highest BCUT2D eigenvalue weighted by molar-refractivity contribution is 7.02. The molecule has 0 amide bonds. The van der Waals surface area contributed by atoms with Crippen molar-refractivity contribution in [2.24, 2.45) is 0 Å². The van der Waals surface area contributed by atoms with Crippen LogP contribution < -0.4 is 52.1 Å². The molecule has 9 aromatic rings. The molecule has 0 unspecified atom stereocenters. The zero-order valence-corrected chi connectivity index (χ0v) is 45.0. The van der Waals surface area contributed by atoms with Crippen molar-refractivity contribution in [2.45, 2.75) is 103 Å². The largest absolute Gasteiger partial charge is 0.458 e. The Bertz CT molecular complexity index is 3680. The number of anilines is 6. The zero-order chi connectivity index (χ0) is 51.6. The third-order valence-corrected chi connectivity index (χ3v) is 18.9. The van der Waals surface area contributed by atoms with Gasteiger partial charge in [-0.2, -0.15) is 0 Å². The van der Waals surface area contributed by atoms with Crippen LogP contribution in [-0.4, -0.2) is 13.4 Å². The van der Waals surface area contributed by atoms with Gasteiger partial charge in [0.05, 0.1) is 0 Å². The van der Waals surface area contributed by atoms with Crippen LogP contribution in [0, 0.1) is 0 Å². The highest BCUT2D eigenvalue weighted by Crippen LogP contribution is 2.51. The van der Waals surface area contributed by atoms with Gasteiger partial charge in [0.25, 0.3) is 13.4 Å². The molecule has 4 heterocycles. The molecule has 0 N–H and O–H groups in total. The van der Waals surface area contributed by atoms with Crippen molar-refractivity contribution in [3.63, 3.8) is 0 Å². The molecule has 370 valence electrons. The van der Waals surface area contributed by atoms with Crippen LogP contribution in [0.2, 0.25) is 0 Å². The van der Waals surface area contributed by atoms with Gasteiger partial charge in [0, 0.05) is 40.2 Å². The summed E-state index contributed by atoms with van der Waals surface area (Å²) in [5.74, 6) is 3.45. The number of para-hydroxylation sites is 4. The van der Waals surface area contributed by atoms with Gasteiger partial charge in [0.15, 0.2) is 0 Å². The summed E-state index contributed by atoms with van der Waals surface area (Å²) in [7, 11) is 0. The molecule has 0 radical (unpaired) electrons. The maximum absolute atomic E-state index is 7.44. The summed E-state index contributed by atoms with van der Waals surface area (Å²) in [6.07, 6.45) is 4.69. The third kappa shape index (κ3) is 6.65. The van der Waals surface area contributed by atoms with E-state index in [1.54, 1.807) is 0 Å². The quantitative estimate of drug-likeness (QED) is 0.164. The van der Waals surface area contributed by atoms with Crippen LogP contribution in [-0.2, 0) is 21.7 Å². The molecule has 0 aromatic heterocycles. The van der Waals surface area contributed by atoms with Gasteiger partial charge in [-0.1, -0.05) is 171 Å². The fraction of sp³-hybridized carbons (Fsp3) is 0.229. The number of nitrogens with zero attached hydrogens (tertiary/aromatic N) is 2. The molecule has 76 heavy (non-hydrogen) atoms. The topological polar surface area (TPSA) is 24.9 Å². The second-order valence-electron chi connectivity index (χ2n) is 25.3. The van der Waals surface area contributed by atoms with E-state index in [2.05, 4.69) is 247 Å². The van der Waals surface area contributed by atoms with Crippen molar-refractivity contribution < 1.29 is 9.47 Å². The summed E-state index contributed by atoms with van der Waals surface area (Å²) >= 11 is 0. The minimum atomic E-state index is -0.0892. The minimum absolute atomic E-state index is 0.0749. The lowest BCUT2D eigenvalue weighted by molar-refractivity contribution is 0.332. The number of rotatable bonds is 4. The maximum atomic E-state index is 7.44. The first kappa shape index (κ1) is 45.7. The van der Waals surface area contributed by atoms with E-state index in [-0.39, 0.29) is 35.1 Å². The Labute approximate surface area is 449 Å². The smallest absolute Gasteiger partial charge is 0.256 e. The summed E-state index contributed by atoms with van der Waals surface area (Å²) < 4.78 is 14.9. The minimum Gasteiger partial charge on any atom is -0.458 e. The predicted octanol–water partition coefficient (Wildman–Crippen LogP) is 14.5. The van der Waals surface area contributed by atoms with Crippen molar-refractivity contribution in [3.8, 4) is 45.3 Å². The molecular weight excluding hydrogens is 922 g/mol. The molecule has 0 saturated carbocycles. The monoisotopic (exact) mass is 984 g/mol. The number of ether oxygens (including phenoxy) is 2. The van der Waals surface area contributed by atoms with Gasteiger partial charge in [-0.15, -0.1) is 0 Å². The molecule has 4 aliphatic heterocycles. The molecular formula is C70H62B2N2O2. The van der Waals surface area contributed by atoms with E-state index < -0.39 is 0 Å². The Hall–Kier alpha value is -7.69.